The Morgan fingerprint density at radius 3 is 3.08 bits per heavy atom. The number of nitrogens with two attached hydrogens (primary N) is 1. The van der Waals surface area contributed by atoms with Crippen LogP contribution in [0.3, 0.4) is 0 Å². The third-order valence-electron chi connectivity index (χ3n) is 1.89. The first-order chi connectivity index (χ1) is 5.79. The normalized spacial score (nSPS) is 13.5. The quantitative estimate of drug-likeness (QED) is 0.696. The molecule has 0 spiro atoms. The molecule has 12 heavy (non-hydrogen) atoms. The van der Waals surface area contributed by atoms with Crippen molar-refractivity contribution in [3.8, 4) is 0 Å². The molecule has 0 aliphatic carbocycles. The van der Waals surface area contributed by atoms with Crippen LogP contribution in [0.1, 0.15) is 18.5 Å². The van der Waals surface area contributed by atoms with E-state index in [4.69, 9.17) is 10.2 Å². The van der Waals surface area contributed by atoms with Crippen molar-refractivity contribution >= 4 is 11.1 Å². The van der Waals surface area contributed by atoms with Crippen molar-refractivity contribution in [3.63, 3.8) is 0 Å². The van der Waals surface area contributed by atoms with Gasteiger partial charge in [-0.1, -0.05) is 0 Å². The van der Waals surface area contributed by atoms with Gasteiger partial charge in [0.25, 0.3) is 0 Å². The number of rotatable bonds is 1. The fourth-order valence-electron chi connectivity index (χ4n) is 1.29. The molecule has 0 bridgehead atoms. The largest absolute Gasteiger partial charge is 0.446 e. The van der Waals surface area contributed by atoms with Crippen LogP contribution >= 0.6 is 0 Å². The predicted octanol–water partition coefficient (Wildman–Crippen LogP) is 1.85. The molecule has 2 rings (SSSR count). The molecule has 2 heterocycles. The molecule has 62 valence electrons. The molecule has 3 heteroatoms. The van der Waals surface area contributed by atoms with Gasteiger partial charge in [-0.15, -0.1) is 0 Å². The van der Waals surface area contributed by atoms with Crippen molar-refractivity contribution < 1.29 is 4.42 Å². The molecule has 2 N–H and O–H groups in total. The number of nitrogens with zero attached hydrogens (tertiary/aromatic N) is 1. The minimum Gasteiger partial charge on any atom is -0.446 e. The highest BCUT2D eigenvalue weighted by Gasteiger charge is 2.06. The molecule has 0 amide bonds. The molecular weight excluding hydrogens is 152 g/mol. The zero-order chi connectivity index (χ0) is 8.55. The Hall–Kier alpha value is -1.35. The molecule has 0 saturated carbocycles. The summed E-state index contributed by atoms with van der Waals surface area (Å²) in [4.78, 5) is 4.06. The Morgan fingerprint density at radius 2 is 2.33 bits per heavy atom. The van der Waals surface area contributed by atoms with Gasteiger partial charge in [-0.25, -0.2) is 4.98 Å². The van der Waals surface area contributed by atoms with Crippen molar-refractivity contribution in [2.24, 2.45) is 5.73 Å². The second kappa shape index (κ2) is 2.60. The molecule has 0 aromatic carbocycles. The van der Waals surface area contributed by atoms with Gasteiger partial charge in [-0.2, -0.15) is 0 Å². The van der Waals surface area contributed by atoms with Crippen LogP contribution < -0.4 is 5.73 Å². The number of hydrogen-bond acceptors (Lipinski definition) is 3. The number of pyridine rings is 1. The van der Waals surface area contributed by atoms with E-state index in [2.05, 4.69) is 4.98 Å². The molecule has 0 aliphatic heterocycles. The minimum absolute atomic E-state index is 0.0214. The van der Waals surface area contributed by atoms with E-state index in [1.54, 1.807) is 12.5 Å². The van der Waals surface area contributed by atoms with Gasteiger partial charge in [0, 0.05) is 17.6 Å². The number of furan rings is 1. The lowest BCUT2D eigenvalue weighted by Crippen LogP contribution is -2.05. The van der Waals surface area contributed by atoms with E-state index < -0.39 is 0 Å². The fourth-order valence-corrected chi connectivity index (χ4v) is 1.29. The Labute approximate surface area is 70.2 Å². The van der Waals surface area contributed by atoms with Crippen molar-refractivity contribution in [2.75, 3.05) is 0 Å². The zero-order valence-electron chi connectivity index (χ0n) is 6.82. The highest BCUT2D eigenvalue weighted by atomic mass is 16.3. The van der Waals surface area contributed by atoms with E-state index in [0.717, 1.165) is 10.9 Å². The number of hydrogen-bond donors (Lipinski definition) is 1. The third kappa shape index (κ3) is 0.987. The van der Waals surface area contributed by atoms with Crippen molar-refractivity contribution in [2.45, 2.75) is 13.0 Å². The van der Waals surface area contributed by atoms with Crippen LogP contribution in [0.5, 0.6) is 0 Å². The lowest BCUT2D eigenvalue weighted by atomic mass is 10.1. The van der Waals surface area contributed by atoms with E-state index in [1.165, 1.54) is 0 Å². The van der Waals surface area contributed by atoms with Crippen molar-refractivity contribution in [1.29, 1.82) is 0 Å². The lowest BCUT2D eigenvalue weighted by Gasteiger charge is -2.04. The summed E-state index contributed by atoms with van der Waals surface area (Å²) in [5.41, 5.74) is 7.50. The van der Waals surface area contributed by atoms with Gasteiger partial charge in [-0.05, 0) is 24.6 Å². The zero-order valence-corrected chi connectivity index (χ0v) is 6.82. The second-order valence-corrected chi connectivity index (χ2v) is 2.83. The molecule has 0 aliphatic rings. The van der Waals surface area contributed by atoms with Crippen LogP contribution in [0.25, 0.3) is 11.1 Å². The van der Waals surface area contributed by atoms with E-state index in [-0.39, 0.29) is 6.04 Å². The van der Waals surface area contributed by atoms with Gasteiger partial charge in [0.05, 0.1) is 6.26 Å². The lowest BCUT2D eigenvalue weighted by molar-refractivity contribution is 0.602. The molecular formula is C9H10N2O. The summed E-state index contributed by atoms with van der Waals surface area (Å²) in [5, 5.41) is 1.01. The first kappa shape index (κ1) is 7.31. The van der Waals surface area contributed by atoms with Gasteiger partial charge < -0.3 is 10.2 Å². The minimum atomic E-state index is 0.0214. The third-order valence-corrected chi connectivity index (χ3v) is 1.89. The second-order valence-electron chi connectivity index (χ2n) is 2.83. The molecule has 1 unspecified atom stereocenters. The Balaban J connectivity index is 2.73. The van der Waals surface area contributed by atoms with E-state index >= 15 is 0 Å². The smallest absolute Gasteiger partial charge is 0.226 e. The van der Waals surface area contributed by atoms with Crippen molar-refractivity contribution in [3.05, 3.63) is 30.2 Å². The number of aromatic nitrogens is 1. The van der Waals surface area contributed by atoms with Crippen molar-refractivity contribution in [1.82, 2.24) is 4.98 Å². The highest BCUT2D eigenvalue weighted by molar-refractivity contribution is 5.77. The molecule has 0 radical (unpaired) electrons. The predicted molar refractivity (Wildman–Crippen MR) is 46.6 cm³/mol. The van der Waals surface area contributed by atoms with Crippen LogP contribution in [0, 0.1) is 0 Å². The van der Waals surface area contributed by atoms with Crippen LogP contribution in [0.4, 0.5) is 0 Å². The van der Waals surface area contributed by atoms with Gasteiger partial charge in [0.1, 0.15) is 0 Å². The molecule has 0 fully saturated rings. The molecule has 2 aromatic rings. The van der Waals surface area contributed by atoms with Crippen LogP contribution in [0.2, 0.25) is 0 Å². The maximum absolute atomic E-state index is 5.77. The van der Waals surface area contributed by atoms with Crippen LogP contribution in [-0.2, 0) is 0 Å². The van der Waals surface area contributed by atoms with Gasteiger partial charge in [-0.3, -0.25) is 0 Å². The maximum atomic E-state index is 5.77. The summed E-state index contributed by atoms with van der Waals surface area (Å²) >= 11 is 0. The Bertz CT molecular complexity index is 392. The molecule has 0 saturated heterocycles. The van der Waals surface area contributed by atoms with Gasteiger partial charge >= 0.3 is 0 Å². The summed E-state index contributed by atoms with van der Waals surface area (Å²) < 4.78 is 5.14. The van der Waals surface area contributed by atoms with E-state index in [9.17, 15) is 0 Å². The standard InChI is InChI=1S/C9H10N2O/c1-6(10)7-2-4-11-9-8(7)3-5-12-9/h2-6H,10H2,1H3. The summed E-state index contributed by atoms with van der Waals surface area (Å²) in [7, 11) is 0. The fraction of sp³-hybridized carbons (Fsp3) is 0.222. The first-order valence-corrected chi connectivity index (χ1v) is 3.87. The van der Waals surface area contributed by atoms with E-state index in [0.29, 0.717) is 5.71 Å². The average Bonchev–Trinajstić information content (AvgIpc) is 2.49. The molecule has 1 atom stereocenters. The van der Waals surface area contributed by atoms with Crippen LogP contribution in [-0.4, -0.2) is 4.98 Å². The summed E-state index contributed by atoms with van der Waals surface area (Å²) in [6.07, 6.45) is 3.34. The van der Waals surface area contributed by atoms with Gasteiger partial charge in [0.15, 0.2) is 0 Å². The summed E-state index contributed by atoms with van der Waals surface area (Å²) in [6.45, 7) is 1.95. The maximum Gasteiger partial charge on any atom is 0.226 e. The van der Waals surface area contributed by atoms with Gasteiger partial charge in [0.2, 0.25) is 5.71 Å². The molecule has 2 aromatic heterocycles. The first-order valence-electron chi connectivity index (χ1n) is 3.87. The Kier molecular flexibility index (Phi) is 1.59. The number of fused-ring (bicyclic) bond motifs is 1. The summed E-state index contributed by atoms with van der Waals surface area (Å²) in [5.74, 6) is 0. The molecule has 3 nitrogen and oxygen atoms in total. The van der Waals surface area contributed by atoms with Crippen LogP contribution in [0.15, 0.2) is 29.0 Å². The topological polar surface area (TPSA) is 52.0 Å². The highest BCUT2D eigenvalue weighted by Crippen LogP contribution is 2.21. The summed E-state index contributed by atoms with van der Waals surface area (Å²) in [6, 6.07) is 3.83. The monoisotopic (exact) mass is 162 g/mol. The SMILES string of the molecule is CC(N)c1ccnc2occc12. The Morgan fingerprint density at radius 1 is 1.50 bits per heavy atom. The van der Waals surface area contributed by atoms with E-state index in [1.807, 2.05) is 19.1 Å². The average molecular weight is 162 g/mol.